The minimum absolute atomic E-state index is 0.134. The molecule has 172 valence electrons. The molecule has 0 saturated carbocycles. The first-order valence-electron chi connectivity index (χ1n) is 10.1. The molecule has 4 aromatic rings. The molecule has 3 aromatic heterocycles. The quantitative estimate of drug-likeness (QED) is 0.424. The number of fused-ring (bicyclic) bond motifs is 1. The number of halogens is 3. The van der Waals surface area contributed by atoms with E-state index in [9.17, 15) is 23.4 Å². The van der Waals surface area contributed by atoms with Crippen LogP contribution in [0.5, 0.6) is 0 Å². The van der Waals surface area contributed by atoms with Gasteiger partial charge < -0.3 is 15.9 Å². The van der Waals surface area contributed by atoms with Gasteiger partial charge in [0.05, 0.1) is 29.4 Å². The van der Waals surface area contributed by atoms with Crippen LogP contribution in [0, 0.1) is 6.92 Å². The van der Waals surface area contributed by atoms with E-state index in [1.54, 1.807) is 42.8 Å². The fourth-order valence-electron chi connectivity index (χ4n) is 3.52. The van der Waals surface area contributed by atoms with E-state index in [1.165, 1.54) is 24.4 Å². The second-order valence-corrected chi connectivity index (χ2v) is 8.10. The van der Waals surface area contributed by atoms with E-state index in [2.05, 4.69) is 15.0 Å². The zero-order chi connectivity index (χ0) is 24.1. The first-order valence-corrected chi connectivity index (χ1v) is 10.1. The summed E-state index contributed by atoms with van der Waals surface area (Å²) in [5.41, 5.74) is 6.41. The van der Waals surface area contributed by atoms with Crippen molar-refractivity contribution in [3.8, 4) is 22.5 Å². The molecule has 1 aromatic carbocycles. The summed E-state index contributed by atoms with van der Waals surface area (Å²) in [6.45, 7) is 4.08. The Morgan fingerprint density at radius 1 is 1.09 bits per heavy atom. The molecule has 3 heterocycles. The van der Waals surface area contributed by atoms with Crippen molar-refractivity contribution >= 4 is 11.5 Å². The van der Waals surface area contributed by atoms with Gasteiger partial charge >= 0.3 is 6.18 Å². The number of aliphatic hydroxyl groups is 2. The fraction of sp³-hybridized carbons (Fsp3) is 0.261. The van der Waals surface area contributed by atoms with Crippen molar-refractivity contribution < 1.29 is 23.4 Å². The topological polar surface area (TPSA) is 110 Å². The molecule has 0 spiro atoms. The molecule has 0 aliphatic heterocycles. The minimum Gasteiger partial charge on any atom is -0.387 e. The number of nitrogen functional groups attached to an aromatic ring is 1. The highest BCUT2D eigenvalue weighted by Crippen LogP contribution is 2.40. The van der Waals surface area contributed by atoms with E-state index < -0.39 is 17.9 Å². The second kappa shape index (κ2) is 7.82. The van der Waals surface area contributed by atoms with Gasteiger partial charge in [-0.2, -0.15) is 13.2 Å². The highest BCUT2D eigenvalue weighted by molar-refractivity contribution is 5.74. The maximum absolute atomic E-state index is 13.4. The molecular weight excluding hydrogens is 435 g/mol. The fourth-order valence-corrected chi connectivity index (χ4v) is 3.52. The highest BCUT2D eigenvalue weighted by Gasteiger charge is 2.51. The monoisotopic (exact) mass is 457 g/mol. The van der Waals surface area contributed by atoms with Crippen LogP contribution >= 0.6 is 0 Å². The molecule has 0 radical (unpaired) electrons. The summed E-state index contributed by atoms with van der Waals surface area (Å²) in [5, 5.41) is 19.8. The summed E-state index contributed by atoms with van der Waals surface area (Å²) in [6.07, 6.45) is -0.838. The Morgan fingerprint density at radius 3 is 2.42 bits per heavy atom. The number of pyridine rings is 1. The molecule has 0 aliphatic rings. The molecule has 0 saturated heterocycles. The number of nitrogens with zero attached hydrogens (tertiary/aromatic N) is 4. The molecular formula is C23H22F3N5O2. The highest BCUT2D eigenvalue weighted by atomic mass is 19.4. The number of nitrogens with two attached hydrogens (primary N) is 1. The van der Waals surface area contributed by atoms with E-state index in [0.717, 1.165) is 6.92 Å². The predicted molar refractivity (Wildman–Crippen MR) is 117 cm³/mol. The van der Waals surface area contributed by atoms with Gasteiger partial charge in [-0.1, -0.05) is 12.1 Å². The Kier molecular flexibility index (Phi) is 5.38. The van der Waals surface area contributed by atoms with Crippen LogP contribution in [0.4, 0.5) is 19.0 Å². The van der Waals surface area contributed by atoms with Gasteiger partial charge in [0.15, 0.2) is 17.1 Å². The molecule has 2 unspecified atom stereocenters. The van der Waals surface area contributed by atoms with Crippen LogP contribution in [-0.4, -0.2) is 35.7 Å². The zero-order valence-corrected chi connectivity index (χ0v) is 18.1. The summed E-state index contributed by atoms with van der Waals surface area (Å²) in [6, 6.07) is 7.50. The van der Waals surface area contributed by atoms with Gasteiger partial charge in [0.25, 0.3) is 0 Å². The smallest absolute Gasteiger partial charge is 0.387 e. The molecule has 7 nitrogen and oxygen atoms in total. The van der Waals surface area contributed by atoms with Gasteiger partial charge in [-0.05, 0) is 50.1 Å². The average Bonchev–Trinajstić information content (AvgIpc) is 3.17. The third-order valence-electron chi connectivity index (χ3n) is 5.66. The van der Waals surface area contributed by atoms with Crippen LogP contribution < -0.4 is 5.73 Å². The zero-order valence-electron chi connectivity index (χ0n) is 18.1. The molecule has 4 rings (SSSR count). The summed E-state index contributed by atoms with van der Waals surface area (Å²) < 4.78 is 41.9. The van der Waals surface area contributed by atoms with Crippen molar-refractivity contribution in [3.05, 3.63) is 65.7 Å². The Hall–Kier alpha value is -3.50. The Labute approximate surface area is 187 Å². The summed E-state index contributed by atoms with van der Waals surface area (Å²) in [4.78, 5) is 12.9. The van der Waals surface area contributed by atoms with Gasteiger partial charge in [-0.25, -0.2) is 9.97 Å². The molecule has 0 bridgehead atoms. The van der Waals surface area contributed by atoms with E-state index in [4.69, 9.17) is 5.73 Å². The van der Waals surface area contributed by atoms with Crippen LogP contribution in [-0.2, 0) is 5.60 Å². The third-order valence-corrected chi connectivity index (χ3v) is 5.66. The second-order valence-electron chi connectivity index (χ2n) is 8.10. The van der Waals surface area contributed by atoms with Crippen LogP contribution in [0.2, 0.25) is 0 Å². The lowest BCUT2D eigenvalue weighted by atomic mass is 9.91. The van der Waals surface area contributed by atoms with Crippen molar-refractivity contribution in [1.29, 1.82) is 0 Å². The van der Waals surface area contributed by atoms with Crippen molar-refractivity contribution in [1.82, 2.24) is 19.4 Å². The molecule has 2 atom stereocenters. The molecule has 33 heavy (non-hydrogen) atoms. The number of imidazole rings is 1. The van der Waals surface area contributed by atoms with Gasteiger partial charge in [0.1, 0.15) is 0 Å². The van der Waals surface area contributed by atoms with Crippen molar-refractivity contribution in [2.75, 3.05) is 5.73 Å². The predicted octanol–water partition coefficient (Wildman–Crippen LogP) is 4.17. The van der Waals surface area contributed by atoms with Gasteiger partial charge in [-0.15, -0.1) is 0 Å². The number of benzene rings is 1. The van der Waals surface area contributed by atoms with E-state index >= 15 is 0 Å². The largest absolute Gasteiger partial charge is 0.421 e. The first-order chi connectivity index (χ1) is 15.4. The van der Waals surface area contributed by atoms with E-state index in [0.29, 0.717) is 39.4 Å². The Balaban J connectivity index is 1.87. The van der Waals surface area contributed by atoms with E-state index in [1.807, 2.05) is 0 Å². The van der Waals surface area contributed by atoms with E-state index in [-0.39, 0.29) is 11.4 Å². The lowest BCUT2D eigenvalue weighted by Gasteiger charge is -2.27. The number of aliphatic hydroxyl groups excluding tert-OH is 1. The lowest BCUT2D eigenvalue weighted by Crippen LogP contribution is -2.39. The summed E-state index contributed by atoms with van der Waals surface area (Å²) >= 11 is 0. The van der Waals surface area contributed by atoms with Crippen LogP contribution in [0.3, 0.4) is 0 Å². The lowest BCUT2D eigenvalue weighted by molar-refractivity contribution is -0.258. The number of rotatable bonds is 4. The molecule has 10 heteroatoms. The van der Waals surface area contributed by atoms with Gasteiger partial charge in [-0.3, -0.25) is 9.38 Å². The number of aromatic nitrogens is 4. The average molecular weight is 457 g/mol. The molecule has 4 N–H and O–H groups in total. The number of alkyl halides is 3. The van der Waals surface area contributed by atoms with Crippen molar-refractivity contribution in [2.24, 2.45) is 0 Å². The Bertz CT molecular complexity index is 1330. The van der Waals surface area contributed by atoms with Crippen molar-refractivity contribution in [2.45, 2.75) is 38.7 Å². The van der Waals surface area contributed by atoms with Crippen LogP contribution in [0.25, 0.3) is 28.2 Å². The minimum atomic E-state index is -4.84. The normalized spacial score (nSPS) is 14.9. The van der Waals surface area contributed by atoms with Crippen LogP contribution in [0.15, 0.2) is 48.9 Å². The molecule has 0 amide bonds. The summed E-state index contributed by atoms with van der Waals surface area (Å²) in [7, 11) is 0. The Morgan fingerprint density at radius 2 is 1.82 bits per heavy atom. The van der Waals surface area contributed by atoms with Gasteiger partial charge in [0.2, 0.25) is 0 Å². The molecule has 0 fully saturated rings. The molecule has 0 aliphatic carbocycles. The SMILES string of the molecule is Cc1ccc(C(C)(O)C(F)(F)F)cc1-c1cnc2c(N)nc(-c3ccc(C(C)O)nc3)cn12. The first kappa shape index (κ1) is 22.7. The number of hydrogen-bond donors (Lipinski definition) is 3. The number of anilines is 1. The number of aryl methyl sites for hydroxylation is 1. The number of hydrogen-bond acceptors (Lipinski definition) is 6. The van der Waals surface area contributed by atoms with Crippen molar-refractivity contribution in [3.63, 3.8) is 0 Å². The third kappa shape index (κ3) is 3.91. The summed E-state index contributed by atoms with van der Waals surface area (Å²) in [5.74, 6) is 0.134. The maximum atomic E-state index is 13.4. The maximum Gasteiger partial charge on any atom is 0.421 e. The standard InChI is InChI=1S/C23H22F3N5O2/c1-12-4-6-15(22(3,33)23(24,25)26)8-16(12)19-10-29-21-20(27)30-18(11-31(19)21)14-5-7-17(13(2)32)28-9-14/h4-11,13,32-33H,1-3H3,(H2,27,30). The van der Waals surface area contributed by atoms with Crippen LogP contribution in [0.1, 0.15) is 36.8 Å². The van der Waals surface area contributed by atoms with Gasteiger partial charge in [0, 0.05) is 23.5 Å².